The first-order chi connectivity index (χ1) is 15.4. The Kier molecular flexibility index (Phi) is 7.34. The molecule has 159 valence electrons. The minimum absolute atomic E-state index is 0. The molecule has 33 heavy (non-hydrogen) atoms. The van der Waals surface area contributed by atoms with Crippen molar-refractivity contribution in [1.82, 2.24) is 15.0 Å². The second-order valence-corrected chi connectivity index (χ2v) is 7.41. The van der Waals surface area contributed by atoms with E-state index in [-0.39, 0.29) is 53.8 Å². The van der Waals surface area contributed by atoms with Crippen LogP contribution in [0.2, 0.25) is 0 Å². The summed E-state index contributed by atoms with van der Waals surface area (Å²) in [5.74, 6) is 0. The van der Waals surface area contributed by atoms with Crippen LogP contribution in [0.15, 0.2) is 103 Å². The van der Waals surface area contributed by atoms with E-state index >= 15 is 0 Å². The smallest absolute Gasteiger partial charge is 0.0689 e. The maximum absolute atomic E-state index is 5.08. The van der Waals surface area contributed by atoms with E-state index in [1.165, 1.54) is 0 Å². The van der Waals surface area contributed by atoms with Crippen LogP contribution in [0.25, 0.3) is 55.6 Å². The van der Waals surface area contributed by atoms with Gasteiger partial charge in [0.15, 0.2) is 0 Å². The average molecular weight is 679 g/mol. The molecule has 5 heteroatoms. The summed E-state index contributed by atoms with van der Waals surface area (Å²) in [5, 5.41) is 2.26. The van der Waals surface area contributed by atoms with E-state index in [1.54, 1.807) is 0 Å². The van der Waals surface area contributed by atoms with Gasteiger partial charge in [0, 0.05) is 60.0 Å². The Morgan fingerprint density at radius 2 is 1.24 bits per heavy atom. The topological polar surface area (TPSA) is 39.9 Å². The van der Waals surface area contributed by atoms with Crippen LogP contribution in [0.3, 0.4) is 0 Å². The van der Waals surface area contributed by atoms with Gasteiger partial charge in [0.05, 0.1) is 11.4 Å². The van der Waals surface area contributed by atoms with Crippen molar-refractivity contribution < 1.29 is 53.8 Å². The Morgan fingerprint density at radius 3 is 1.91 bits per heavy atom. The first-order valence-corrected chi connectivity index (χ1v) is 10.2. The molecule has 0 saturated heterocycles. The van der Waals surface area contributed by atoms with E-state index in [4.69, 9.17) is 9.97 Å². The third-order valence-electron chi connectivity index (χ3n) is 5.54. The summed E-state index contributed by atoms with van der Waals surface area (Å²) in [5.41, 5.74) is 7.72. The van der Waals surface area contributed by atoms with E-state index in [0.717, 1.165) is 55.6 Å². The van der Waals surface area contributed by atoms with E-state index in [9.17, 15) is 0 Å². The predicted octanol–water partition coefficient (Wildman–Crippen LogP) is 6.54. The van der Waals surface area contributed by atoms with Gasteiger partial charge in [-0.1, -0.05) is 54.6 Å². The second kappa shape index (κ2) is 10.2. The van der Waals surface area contributed by atoms with Crippen molar-refractivity contribution in [3.8, 4) is 33.8 Å². The molecule has 0 fully saturated rings. The molecule has 6 aromatic rings. The van der Waals surface area contributed by atoms with Crippen molar-refractivity contribution in [1.29, 1.82) is 0 Å². The van der Waals surface area contributed by atoms with Crippen LogP contribution in [0.1, 0.15) is 0 Å². The minimum Gasteiger partial charge on any atom is -0.656 e. The van der Waals surface area contributed by atoms with E-state index < -0.39 is 0 Å². The Bertz CT molecular complexity index is 1530. The maximum Gasteiger partial charge on any atom is 0.0689 e. The summed E-state index contributed by atoms with van der Waals surface area (Å²) in [4.78, 5) is 14.6. The van der Waals surface area contributed by atoms with Crippen molar-refractivity contribution in [3.05, 3.63) is 109 Å². The summed E-state index contributed by atoms with van der Waals surface area (Å²) in [6, 6.07) is 35.8. The van der Waals surface area contributed by atoms with E-state index in [2.05, 4.69) is 47.4 Å². The standard InChI is InChI=1S/C28H17N3.Pt.Y/c1-2-9-19(10-3-1)24-16-8-17-26(30-24)23-14-7-12-21-20-11-6-13-22(27(20)31-28(21)23)25-15-4-5-18-29-25;;/h1-9,11-18H;;/q-2;;. The van der Waals surface area contributed by atoms with Gasteiger partial charge in [-0.25, -0.2) is 0 Å². The van der Waals surface area contributed by atoms with Crippen molar-refractivity contribution in [2.24, 2.45) is 0 Å². The summed E-state index contributed by atoms with van der Waals surface area (Å²) in [6.07, 6.45) is 1.82. The monoisotopic (exact) mass is 679 g/mol. The molecule has 0 saturated carbocycles. The summed E-state index contributed by atoms with van der Waals surface area (Å²) in [7, 11) is 0. The normalized spacial score (nSPS) is 10.5. The van der Waals surface area contributed by atoms with E-state index in [1.807, 2.05) is 66.9 Å². The Balaban J connectivity index is 0.00000130. The molecular weight excluding hydrogens is 662 g/mol. The number of rotatable bonds is 3. The first-order valence-electron chi connectivity index (χ1n) is 10.2. The molecule has 0 N–H and O–H groups in total. The number of aromatic nitrogens is 3. The van der Waals surface area contributed by atoms with Crippen molar-refractivity contribution in [3.63, 3.8) is 0 Å². The molecule has 0 amide bonds. The fourth-order valence-corrected chi connectivity index (χ4v) is 4.10. The number of hydrogen-bond donors (Lipinski definition) is 0. The number of benzene rings is 3. The third-order valence-corrected chi connectivity index (χ3v) is 5.54. The van der Waals surface area contributed by atoms with Gasteiger partial charge in [0.1, 0.15) is 0 Å². The molecule has 0 atom stereocenters. The molecule has 0 spiro atoms. The molecule has 6 rings (SSSR count). The zero-order valence-corrected chi connectivity index (χ0v) is 22.7. The zero-order chi connectivity index (χ0) is 20.6. The van der Waals surface area contributed by atoms with E-state index in [0.29, 0.717) is 0 Å². The molecule has 3 heterocycles. The van der Waals surface area contributed by atoms with Gasteiger partial charge < -0.3 is 4.98 Å². The van der Waals surface area contributed by atoms with Crippen molar-refractivity contribution >= 4 is 21.8 Å². The summed E-state index contributed by atoms with van der Waals surface area (Å²) < 4.78 is 0. The van der Waals surface area contributed by atoms with Crippen LogP contribution < -0.4 is 4.98 Å². The fraction of sp³-hybridized carbons (Fsp3) is 0. The molecule has 3 aromatic carbocycles. The Labute approximate surface area is 231 Å². The molecule has 0 bridgehead atoms. The van der Waals surface area contributed by atoms with Crippen molar-refractivity contribution in [2.45, 2.75) is 0 Å². The SMILES string of the molecule is [Pt].[Y].[c-]1ccccc1-c1cccc(-c2cccc3c2[n-]c2c(-c4ccccn4)cccc23)n1. The van der Waals surface area contributed by atoms with Crippen LogP contribution in [-0.2, 0) is 53.8 Å². The number of nitrogens with zero attached hydrogens (tertiary/aromatic N) is 3. The second-order valence-electron chi connectivity index (χ2n) is 7.41. The zero-order valence-electron chi connectivity index (χ0n) is 17.6. The van der Waals surface area contributed by atoms with Gasteiger partial charge in [-0.15, -0.1) is 46.9 Å². The van der Waals surface area contributed by atoms with Crippen LogP contribution >= 0.6 is 0 Å². The summed E-state index contributed by atoms with van der Waals surface area (Å²) in [6.45, 7) is 0. The van der Waals surface area contributed by atoms with Gasteiger partial charge in [-0.3, -0.25) is 9.97 Å². The maximum atomic E-state index is 5.08. The quantitative estimate of drug-likeness (QED) is 0.200. The Hall–Kier alpha value is -2.45. The largest absolute Gasteiger partial charge is 0.656 e. The molecule has 1 radical (unpaired) electrons. The number of pyridine rings is 2. The summed E-state index contributed by atoms with van der Waals surface area (Å²) >= 11 is 0. The fourth-order valence-electron chi connectivity index (χ4n) is 4.10. The number of hydrogen-bond acceptors (Lipinski definition) is 2. The van der Waals surface area contributed by atoms with Gasteiger partial charge in [-0.05, 0) is 45.8 Å². The molecule has 0 aliphatic rings. The molecule has 3 aromatic heterocycles. The predicted molar refractivity (Wildman–Crippen MR) is 126 cm³/mol. The molecule has 0 unspecified atom stereocenters. The molecule has 0 aliphatic carbocycles. The third kappa shape index (κ3) is 4.38. The van der Waals surface area contributed by atoms with Crippen LogP contribution in [-0.4, -0.2) is 9.97 Å². The molecule has 0 aliphatic heterocycles. The number of fused-ring (bicyclic) bond motifs is 3. The van der Waals surface area contributed by atoms with Crippen LogP contribution in [0.5, 0.6) is 0 Å². The van der Waals surface area contributed by atoms with Crippen molar-refractivity contribution in [2.75, 3.05) is 0 Å². The van der Waals surface area contributed by atoms with Gasteiger partial charge in [-0.2, -0.15) is 0 Å². The van der Waals surface area contributed by atoms with Crippen LogP contribution in [0, 0.1) is 6.07 Å². The van der Waals surface area contributed by atoms with Gasteiger partial charge >= 0.3 is 0 Å². The molecule has 3 nitrogen and oxygen atoms in total. The Morgan fingerprint density at radius 1 is 0.606 bits per heavy atom. The minimum atomic E-state index is 0. The number of para-hydroxylation sites is 2. The van der Waals surface area contributed by atoms with Gasteiger partial charge in [0.25, 0.3) is 0 Å². The molecular formula is C28H17N3PtY-2. The van der Waals surface area contributed by atoms with Crippen LogP contribution in [0.4, 0.5) is 0 Å². The van der Waals surface area contributed by atoms with Gasteiger partial charge in [0.2, 0.25) is 0 Å². The first kappa shape index (κ1) is 23.7. The average Bonchev–Trinajstić information content (AvgIpc) is 3.24.